The van der Waals surface area contributed by atoms with Crippen molar-refractivity contribution in [2.24, 2.45) is 68.5 Å². The molecular formula is C37H58O5. The van der Waals surface area contributed by atoms with Crippen molar-refractivity contribution in [3.8, 4) is 0 Å². The molecule has 4 unspecified atom stereocenters. The molecule has 0 radical (unpaired) electrons. The highest BCUT2D eigenvalue weighted by Gasteiger charge is 2.72. The maximum absolute atomic E-state index is 14.0. The van der Waals surface area contributed by atoms with Gasteiger partial charge in [-0.3, -0.25) is 14.4 Å². The molecule has 6 saturated carbocycles. The van der Waals surface area contributed by atoms with Crippen LogP contribution in [0, 0.1) is 68.5 Å². The van der Waals surface area contributed by atoms with Crippen molar-refractivity contribution in [1.29, 1.82) is 0 Å². The van der Waals surface area contributed by atoms with E-state index in [-0.39, 0.29) is 63.7 Å². The van der Waals surface area contributed by atoms with E-state index in [1.165, 1.54) is 25.7 Å². The van der Waals surface area contributed by atoms with Crippen LogP contribution in [0.25, 0.3) is 0 Å². The van der Waals surface area contributed by atoms with E-state index in [4.69, 9.17) is 4.74 Å². The van der Waals surface area contributed by atoms with E-state index in [0.29, 0.717) is 35.5 Å². The van der Waals surface area contributed by atoms with Gasteiger partial charge in [0.15, 0.2) is 0 Å². The molecule has 6 fully saturated rings. The fourth-order valence-electron chi connectivity index (χ4n) is 13.1. The second kappa shape index (κ2) is 10.1. The van der Waals surface area contributed by atoms with Crippen LogP contribution in [0.5, 0.6) is 0 Å². The van der Waals surface area contributed by atoms with Crippen molar-refractivity contribution in [2.75, 3.05) is 0 Å². The Morgan fingerprint density at radius 3 is 2.12 bits per heavy atom. The number of ketones is 1. The molecule has 0 saturated heterocycles. The van der Waals surface area contributed by atoms with E-state index in [9.17, 15) is 19.5 Å². The number of ether oxygens (including phenoxy) is 1. The molecule has 0 aromatic heterocycles. The minimum Gasteiger partial charge on any atom is -0.481 e. The second-order valence-corrected chi connectivity index (χ2v) is 17.7. The first-order valence-electron chi connectivity index (χ1n) is 17.6. The number of Topliss-reactive ketones (excluding diaryl/α,β-unsaturated/α-hetero) is 1. The number of esters is 1. The van der Waals surface area contributed by atoms with Crippen molar-refractivity contribution in [3.05, 3.63) is 0 Å². The molecule has 0 heterocycles. The summed E-state index contributed by atoms with van der Waals surface area (Å²) in [6.07, 6.45) is 13.2. The molecule has 5 nitrogen and oxygen atoms in total. The zero-order chi connectivity index (χ0) is 30.5. The highest BCUT2D eigenvalue weighted by Crippen LogP contribution is 2.77. The number of fused-ring (bicyclic) bond motifs is 7. The first-order valence-corrected chi connectivity index (χ1v) is 17.6. The monoisotopic (exact) mass is 582 g/mol. The van der Waals surface area contributed by atoms with Crippen LogP contribution < -0.4 is 0 Å². The zero-order valence-corrected chi connectivity index (χ0v) is 27.6. The second-order valence-electron chi connectivity index (χ2n) is 17.7. The number of carboxylic acids is 1. The highest BCUT2D eigenvalue weighted by molar-refractivity contribution is 5.88. The first kappa shape index (κ1) is 30.6. The lowest BCUT2D eigenvalue weighted by Gasteiger charge is -2.73. The summed E-state index contributed by atoms with van der Waals surface area (Å²) in [6, 6.07) is 0. The summed E-state index contributed by atoms with van der Waals surface area (Å²) in [6.45, 7) is 17.3. The van der Waals surface area contributed by atoms with Gasteiger partial charge >= 0.3 is 11.9 Å². The Morgan fingerprint density at radius 1 is 0.762 bits per heavy atom. The van der Waals surface area contributed by atoms with Gasteiger partial charge in [0.2, 0.25) is 0 Å². The minimum absolute atomic E-state index is 0.0247. The van der Waals surface area contributed by atoms with Crippen LogP contribution in [-0.2, 0) is 19.1 Å². The topological polar surface area (TPSA) is 80.7 Å². The van der Waals surface area contributed by atoms with Crippen molar-refractivity contribution in [1.82, 2.24) is 0 Å². The molecule has 6 rings (SSSR count). The third-order valence-corrected chi connectivity index (χ3v) is 15.6. The predicted molar refractivity (Wildman–Crippen MR) is 163 cm³/mol. The number of hydrogen-bond acceptors (Lipinski definition) is 4. The first-order chi connectivity index (χ1) is 19.6. The molecule has 5 heteroatoms. The van der Waals surface area contributed by atoms with Crippen LogP contribution in [0.15, 0.2) is 0 Å². The zero-order valence-electron chi connectivity index (χ0n) is 27.6. The Balaban J connectivity index is 1.30. The van der Waals surface area contributed by atoms with Crippen LogP contribution >= 0.6 is 0 Å². The number of aliphatic carboxylic acids is 1. The maximum atomic E-state index is 14.0. The van der Waals surface area contributed by atoms with Crippen LogP contribution in [0.1, 0.15) is 138 Å². The summed E-state index contributed by atoms with van der Waals surface area (Å²) in [7, 11) is 0. The summed E-state index contributed by atoms with van der Waals surface area (Å²) in [5.41, 5.74) is 0.288. The van der Waals surface area contributed by atoms with Gasteiger partial charge in [-0.1, -0.05) is 48.5 Å². The van der Waals surface area contributed by atoms with Crippen molar-refractivity contribution in [2.45, 2.75) is 144 Å². The number of hydrogen-bond donors (Lipinski definition) is 1. The molecule has 0 bridgehead atoms. The Kier molecular flexibility index (Phi) is 7.34. The summed E-state index contributed by atoms with van der Waals surface area (Å²) in [4.78, 5) is 38.1. The van der Waals surface area contributed by atoms with Crippen molar-refractivity contribution < 1.29 is 24.2 Å². The van der Waals surface area contributed by atoms with Gasteiger partial charge in [0.25, 0.3) is 0 Å². The van der Waals surface area contributed by atoms with Gasteiger partial charge in [-0.25, -0.2) is 0 Å². The lowest BCUT2D eigenvalue weighted by atomic mass is 9.32. The molecule has 6 aliphatic carbocycles. The lowest BCUT2D eigenvalue weighted by molar-refractivity contribution is -0.250. The van der Waals surface area contributed by atoms with Gasteiger partial charge in [-0.2, -0.15) is 0 Å². The number of carbonyl (C=O) groups excluding carboxylic acids is 2. The fraction of sp³-hybridized carbons (Fsp3) is 0.919. The number of carboxylic acid groups (broad SMARTS) is 1. The molecule has 10 atom stereocenters. The van der Waals surface area contributed by atoms with Gasteiger partial charge in [0.1, 0.15) is 11.9 Å². The summed E-state index contributed by atoms with van der Waals surface area (Å²) >= 11 is 0. The molecule has 236 valence electrons. The quantitative estimate of drug-likeness (QED) is 0.305. The SMILES string of the molecule is CC(C)[C@@H]1CC[C@]2(C(=O)CCC(=O)O)CC[C@]3(C)C(CCC4[C@@]5(C)CC[C@@H](OC(=O)C6CC6)C(C)(C)C5CC[C@]43C)C12. The average Bonchev–Trinajstić information content (AvgIpc) is 3.69. The van der Waals surface area contributed by atoms with E-state index < -0.39 is 5.97 Å². The smallest absolute Gasteiger partial charge is 0.309 e. The molecule has 0 spiro atoms. The van der Waals surface area contributed by atoms with E-state index in [1.807, 2.05) is 0 Å². The van der Waals surface area contributed by atoms with E-state index in [0.717, 1.165) is 51.4 Å². The Morgan fingerprint density at radius 2 is 1.48 bits per heavy atom. The van der Waals surface area contributed by atoms with Crippen LogP contribution in [0.4, 0.5) is 0 Å². The molecular weight excluding hydrogens is 524 g/mol. The summed E-state index contributed by atoms with van der Waals surface area (Å²) in [5, 5.41) is 9.40. The van der Waals surface area contributed by atoms with E-state index in [2.05, 4.69) is 48.5 Å². The van der Waals surface area contributed by atoms with Crippen LogP contribution in [-0.4, -0.2) is 28.9 Å². The van der Waals surface area contributed by atoms with Gasteiger partial charge in [-0.05, 0) is 129 Å². The molecule has 6 aliphatic rings. The van der Waals surface area contributed by atoms with E-state index >= 15 is 0 Å². The summed E-state index contributed by atoms with van der Waals surface area (Å²) < 4.78 is 6.23. The Bertz CT molecular complexity index is 1120. The van der Waals surface area contributed by atoms with Gasteiger partial charge in [-0.15, -0.1) is 0 Å². The van der Waals surface area contributed by atoms with Crippen molar-refractivity contribution in [3.63, 3.8) is 0 Å². The van der Waals surface area contributed by atoms with Crippen LogP contribution in [0.2, 0.25) is 0 Å². The molecule has 0 aromatic carbocycles. The van der Waals surface area contributed by atoms with Gasteiger partial charge in [0.05, 0.1) is 12.3 Å². The standard InChI is InChI=1S/C37H58O5/c1-22(2)24-14-19-37(28(38)12-13-30(39)40)21-20-35(6)25(31(24)37)10-11-27-34(5)17-16-29(42-32(41)23-8-9-23)33(3,4)26(34)15-18-36(27,35)7/h22-27,29,31H,8-21H2,1-7H3,(H,39,40)/t24-,25?,26?,27?,29+,31?,34-,35+,36+,37+/m0/s1. The number of rotatable bonds is 7. The highest BCUT2D eigenvalue weighted by atomic mass is 16.5. The molecule has 0 aromatic rings. The van der Waals surface area contributed by atoms with E-state index in [1.54, 1.807) is 0 Å². The number of carbonyl (C=O) groups is 3. The molecule has 1 N–H and O–H groups in total. The van der Waals surface area contributed by atoms with Crippen molar-refractivity contribution >= 4 is 17.7 Å². The normalized spacial score (nSPS) is 47.5. The molecule has 0 amide bonds. The summed E-state index contributed by atoms with van der Waals surface area (Å²) in [5.74, 6) is 2.78. The van der Waals surface area contributed by atoms with Crippen LogP contribution in [0.3, 0.4) is 0 Å². The van der Waals surface area contributed by atoms with Gasteiger partial charge in [0, 0.05) is 17.3 Å². The molecule has 0 aliphatic heterocycles. The fourth-order valence-corrected chi connectivity index (χ4v) is 13.1. The lowest BCUT2D eigenvalue weighted by Crippen LogP contribution is -2.67. The third kappa shape index (κ3) is 4.23. The third-order valence-electron chi connectivity index (χ3n) is 15.6. The Labute approximate surface area is 254 Å². The Hall–Kier alpha value is -1.39. The minimum atomic E-state index is -0.853. The molecule has 42 heavy (non-hydrogen) atoms. The average molecular weight is 583 g/mol. The predicted octanol–water partition coefficient (Wildman–Crippen LogP) is 8.48. The maximum Gasteiger partial charge on any atom is 0.309 e. The largest absolute Gasteiger partial charge is 0.481 e. The van der Waals surface area contributed by atoms with Gasteiger partial charge < -0.3 is 9.84 Å².